The number of H-pyrrole nitrogens is 1. The summed E-state index contributed by atoms with van der Waals surface area (Å²) in [5.41, 5.74) is 1.57. The lowest BCUT2D eigenvalue weighted by Crippen LogP contribution is -2.39. The van der Waals surface area contributed by atoms with Gasteiger partial charge in [0.15, 0.2) is 0 Å². The molecule has 0 amide bonds. The van der Waals surface area contributed by atoms with Crippen molar-refractivity contribution in [2.75, 3.05) is 19.8 Å². The fraction of sp³-hybridized carbons (Fsp3) is 0.250. The molecule has 1 aromatic heterocycles. The topological polar surface area (TPSA) is 61.4 Å². The van der Waals surface area contributed by atoms with Crippen LogP contribution in [0.5, 0.6) is 5.75 Å². The van der Waals surface area contributed by atoms with E-state index in [0.717, 1.165) is 11.6 Å². The summed E-state index contributed by atoms with van der Waals surface area (Å²) in [6.07, 6.45) is 1.54. The van der Waals surface area contributed by atoms with Crippen LogP contribution < -0.4 is 0 Å². The first-order valence-electron chi connectivity index (χ1n) is 8.71. The number of aromatic nitrogens is 2. The van der Waals surface area contributed by atoms with Crippen molar-refractivity contribution in [2.24, 2.45) is 0 Å². The summed E-state index contributed by atoms with van der Waals surface area (Å²) in [4.78, 5) is 9.68. The molecule has 2 aromatic carbocycles. The second kappa shape index (κ2) is 7.46. The maximum atomic E-state index is 14.0. The monoisotopic (exact) mass is 371 g/mol. The smallest absolute Gasteiger partial charge is 0.135 e. The van der Waals surface area contributed by atoms with Crippen LogP contribution in [-0.4, -0.2) is 39.7 Å². The molecule has 0 unspecified atom stereocenters. The van der Waals surface area contributed by atoms with Gasteiger partial charge in [0.05, 0.1) is 31.1 Å². The summed E-state index contributed by atoms with van der Waals surface area (Å²) >= 11 is 0. The fourth-order valence-electron chi connectivity index (χ4n) is 3.29. The first kappa shape index (κ1) is 17.6. The zero-order chi connectivity index (χ0) is 18.8. The molecule has 3 aromatic rings. The molecule has 1 fully saturated rings. The Kier molecular flexibility index (Phi) is 4.87. The van der Waals surface area contributed by atoms with Gasteiger partial charge in [-0.25, -0.2) is 13.8 Å². The molecule has 0 spiro atoms. The molecular weight excluding hydrogens is 352 g/mol. The molecule has 2 N–H and O–H groups in total. The lowest BCUT2D eigenvalue weighted by Gasteiger charge is -2.34. The predicted molar refractivity (Wildman–Crippen MR) is 96.0 cm³/mol. The van der Waals surface area contributed by atoms with Crippen LogP contribution in [0.2, 0.25) is 0 Å². The van der Waals surface area contributed by atoms with Gasteiger partial charge in [-0.05, 0) is 18.2 Å². The molecule has 5 nitrogen and oxygen atoms in total. The van der Waals surface area contributed by atoms with Crippen LogP contribution in [0, 0.1) is 11.6 Å². The van der Waals surface area contributed by atoms with E-state index in [1.54, 1.807) is 18.3 Å². The van der Waals surface area contributed by atoms with Gasteiger partial charge in [-0.2, -0.15) is 0 Å². The molecule has 0 aliphatic carbocycles. The van der Waals surface area contributed by atoms with Crippen LogP contribution in [0.15, 0.2) is 48.7 Å². The Morgan fingerprint density at radius 2 is 2.07 bits per heavy atom. The van der Waals surface area contributed by atoms with Crippen LogP contribution in [0.3, 0.4) is 0 Å². The average molecular weight is 371 g/mol. The number of halogens is 2. The summed E-state index contributed by atoms with van der Waals surface area (Å²) in [6, 6.07) is 10.5. The van der Waals surface area contributed by atoms with Crippen LogP contribution in [0.4, 0.5) is 8.78 Å². The van der Waals surface area contributed by atoms with Gasteiger partial charge < -0.3 is 14.8 Å². The highest BCUT2D eigenvalue weighted by molar-refractivity contribution is 5.59. The third kappa shape index (κ3) is 3.70. The molecule has 4 rings (SSSR count). The third-order valence-electron chi connectivity index (χ3n) is 4.74. The Hall–Kier alpha value is -2.77. The molecule has 7 heteroatoms. The average Bonchev–Trinajstić information content (AvgIpc) is 3.14. The van der Waals surface area contributed by atoms with Crippen molar-refractivity contribution in [3.63, 3.8) is 0 Å². The van der Waals surface area contributed by atoms with E-state index in [4.69, 9.17) is 4.74 Å². The number of rotatable bonds is 4. The Labute approximate surface area is 155 Å². The number of ether oxygens (including phenoxy) is 1. The molecule has 1 saturated heterocycles. The number of nitrogens with zero attached hydrogens (tertiary/aromatic N) is 2. The number of imidazole rings is 1. The lowest BCUT2D eigenvalue weighted by molar-refractivity contribution is -0.0158. The van der Waals surface area contributed by atoms with E-state index in [0.29, 0.717) is 37.8 Å². The van der Waals surface area contributed by atoms with Crippen molar-refractivity contribution in [3.8, 4) is 17.0 Å². The van der Waals surface area contributed by atoms with Crippen LogP contribution in [0.1, 0.15) is 17.4 Å². The molecule has 1 aliphatic rings. The number of morpholine rings is 1. The van der Waals surface area contributed by atoms with Gasteiger partial charge in [-0.1, -0.05) is 18.2 Å². The highest BCUT2D eigenvalue weighted by atomic mass is 19.1. The number of benzene rings is 2. The van der Waals surface area contributed by atoms with Crippen LogP contribution in [-0.2, 0) is 11.3 Å². The normalized spacial score (nSPS) is 17.9. The minimum atomic E-state index is -0.642. The minimum absolute atomic E-state index is 0.157. The highest BCUT2D eigenvalue weighted by Gasteiger charge is 2.28. The summed E-state index contributed by atoms with van der Waals surface area (Å²) in [5, 5.41) is 10.1. The Balaban J connectivity index is 1.59. The summed E-state index contributed by atoms with van der Waals surface area (Å²) < 4.78 is 32.8. The fourth-order valence-corrected chi connectivity index (χ4v) is 3.29. The summed E-state index contributed by atoms with van der Waals surface area (Å²) in [7, 11) is 0. The maximum Gasteiger partial charge on any atom is 0.135 e. The first-order valence-corrected chi connectivity index (χ1v) is 8.71. The molecule has 140 valence electrons. The van der Waals surface area contributed by atoms with Crippen molar-refractivity contribution in [1.82, 2.24) is 14.9 Å². The number of aromatic hydroxyl groups is 1. The number of aromatic amines is 1. The van der Waals surface area contributed by atoms with Crippen molar-refractivity contribution in [2.45, 2.75) is 12.6 Å². The first-order chi connectivity index (χ1) is 13.1. The number of nitrogens with one attached hydrogen (secondary N) is 1. The Morgan fingerprint density at radius 1 is 1.22 bits per heavy atom. The molecule has 0 saturated carbocycles. The molecule has 27 heavy (non-hydrogen) atoms. The Morgan fingerprint density at radius 3 is 2.89 bits per heavy atom. The minimum Gasteiger partial charge on any atom is -0.508 e. The third-order valence-corrected chi connectivity index (χ3v) is 4.74. The van der Waals surface area contributed by atoms with Gasteiger partial charge in [-0.3, -0.25) is 4.90 Å². The van der Waals surface area contributed by atoms with E-state index >= 15 is 0 Å². The molecular formula is C20H19F2N3O2. The predicted octanol–water partition coefficient (Wildman–Crippen LogP) is 3.63. The number of para-hydroxylation sites is 1. The standard InChI is InChI=1S/C20H19F2N3O2/c21-14-5-6-15(16(22)9-14)17-10-23-20(24-17)18-12-27-8-7-25(18)11-13-3-1-2-4-19(13)26/h1-6,9-10,18,26H,7-8,11-12H2,(H,23,24)/t18-/m0/s1. The second-order valence-electron chi connectivity index (χ2n) is 6.50. The zero-order valence-corrected chi connectivity index (χ0v) is 14.5. The largest absolute Gasteiger partial charge is 0.508 e. The molecule has 1 atom stereocenters. The van der Waals surface area contributed by atoms with Crippen molar-refractivity contribution in [3.05, 3.63) is 71.7 Å². The molecule has 1 aliphatic heterocycles. The molecule has 0 bridgehead atoms. The van der Waals surface area contributed by atoms with E-state index in [9.17, 15) is 13.9 Å². The van der Waals surface area contributed by atoms with Crippen LogP contribution >= 0.6 is 0 Å². The van der Waals surface area contributed by atoms with Gasteiger partial charge in [-0.15, -0.1) is 0 Å². The van der Waals surface area contributed by atoms with E-state index in [1.807, 2.05) is 12.1 Å². The molecule has 2 heterocycles. The van der Waals surface area contributed by atoms with Gasteiger partial charge in [0.25, 0.3) is 0 Å². The SMILES string of the molecule is Oc1ccccc1CN1CCOC[C@H]1c1ncc(-c2ccc(F)cc2F)[nH]1. The molecule has 0 radical (unpaired) electrons. The number of phenolic OH excluding ortho intramolecular Hbond substituents is 1. The van der Waals surface area contributed by atoms with Gasteiger partial charge in [0, 0.05) is 30.3 Å². The highest BCUT2D eigenvalue weighted by Crippen LogP contribution is 2.29. The number of hydrogen-bond donors (Lipinski definition) is 2. The number of hydrogen-bond acceptors (Lipinski definition) is 4. The Bertz CT molecular complexity index is 944. The van der Waals surface area contributed by atoms with Gasteiger partial charge in [0.2, 0.25) is 0 Å². The maximum absolute atomic E-state index is 14.0. The lowest BCUT2D eigenvalue weighted by atomic mass is 10.1. The quantitative estimate of drug-likeness (QED) is 0.735. The summed E-state index contributed by atoms with van der Waals surface area (Å²) in [6.45, 7) is 2.25. The van der Waals surface area contributed by atoms with Crippen molar-refractivity contribution in [1.29, 1.82) is 0 Å². The van der Waals surface area contributed by atoms with Gasteiger partial charge >= 0.3 is 0 Å². The van der Waals surface area contributed by atoms with Crippen molar-refractivity contribution >= 4 is 0 Å². The van der Waals surface area contributed by atoms with E-state index in [2.05, 4.69) is 14.9 Å². The summed E-state index contributed by atoms with van der Waals surface area (Å²) in [5.74, 6) is -0.373. The van der Waals surface area contributed by atoms with E-state index < -0.39 is 11.6 Å². The van der Waals surface area contributed by atoms with E-state index in [1.165, 1.54) is 12.1 Å². The second-order valence-corrected chi connectivity index (χ2v) is 6.50. The van der Waals surface area contributed by atoms with Gasteiger partial charge in [0.1, 0.15) is 23.2 Å². The zero-order valence-electron chi connectivity index (χ0n) is 14.5. The number of phenols is 1. The van der Waals surface area contributed by atoms with Crippen molar-refractivity contribution < 1.29 is 18.6 Å². The van der Waals surface area contributed by atoms with Crippen LogP contribution in [0.25, 0.3) is 11.3 Å². The van der Waals surface area contributed by atoms with E-state index in [-0.39, 0.29) is 17.4 Å².